The third-order valence-corrected chi connectivity index (χ3v) is 2.23. The Morgan fingerprint density at radius 2 is 2.20 bits per heavy atom. The minimum Gasteiger partial charge on any atom is -0.464 e. The van der Waals surface area contributed by atoms with Gasteiger partial charge in [0.2, 0.25) is 5.88 Å². The van der Waals surface area contributed by atoms with Gasteiger partial charge in [-0.25, -0.2) is 9.48 Å². The number of alkyl halides is 2. The molecule has 8 heteroatoms. The van der Waals surface area contributed by atoms with Crippen molar-refractivity contribution in [1.29, 1.82) is 0 Å². The number of ether oxygens (including phenoxy) is 2. The van der Waals surface area contributed by atoms with Crippen LogP contribution in [0.15, 0.2) is 4.47 Å². The van der Waals surface area contributed by atoms with E-state index in [1.807, 2.05) is 0 Å². The fourth-order valence-electron chi connectivity index (χ4n) is 0.922. The predicted molar refractivity (Wildman–Crippen MR) is 48.9 cm³/mol. The Morgan fingerprint density at radius 3 is 2.67 bits per heavy atom. The van der Waals surface area contributed by atoms with Crippen molar-refractivity contribution in [2.24, 2.45) is 7.05 Å². The fourth-order valence-corrected chi connectivity index (χ4v) is 1.51. The van der Waals surface area contributed by atoms with Crippen LogP contribution in [0.1, 0.15) is 10.5 Å². The molecule has 0 saturated carbocycles. The number of aryl methyl sites for hydroxylation is 1. The molecule has 0 aromatic carbocycles. The summed E-state index contributed by atoms with van der Waals surface area (Å²) in [6.45, 7) is -2.98. The smallest absolute Gasteiger partial charge is 0.388 e. The number of aromatic nitrogens is 2. The van der Waals surface area contributed by atoms with Gasteiger partial charge in [0.15, 0.2) is 5.69 Å². The molecule has 0 unspecified atom stereocenters. The van der Waals surface area contributed by atoms with Gasteiger partial charge < -0.3 is 9.47 Å². The zero-order valence-electron chi connectivity index (χ0n) is 7.83. The molecular formula is C7H7BrF2N2O3. The highest BCUT2D eigenvalue weighted by atomic mass is 79.9. The number of rotatable bonds is 3. The van der Waals surface area contributed by atoms with Crippen molar-refractivity contribution in [3.05, 3.63) is 10.2 Å². The molecule has 5 nitrogen and oxygen atoms in total. The molecule has 0 aliphatic rings. The summed E-state index contributed by atoms with van der Waals surface area (Å²) >= 11 is 2.93. The lowest BCUT2D eigenvalue weighted by atomic mass is 10.4. The molecule has 0 N–H and O–H groups in total. The van der Waals surface area contributed by atoms with Crippen LogP contribution in [0, 0.1) is 0 Å². The van der Waals surface area contributed by atoms with E-state index in [1.165, 1.54) is 7.05 Å². The highest BCUT2D eigenvalue weighted by Crippen LogP contribution is 2.29. The molecule has 15 heavy (non-hydrogen) atoms. The Hall–Kier alpha value is -1.18. The molecule has 1 aromatic heterocycles. The van der Waals surface area contributed by atoms with Crippen LogP contribution in [0.3, 0.4) is 0 Å². The summed E-state index contributed by atoms with van der Waals surface area (Å²) in [5.41, 5.74) is -0.115. The molecule has 1 heterocycles. The largest absolute Gasteiger partial charge is 0.464 e. The monoisotopic (exact) mass is 284 g/mol. The second-order valence-electron chi connectivity index (χ2n) is 2.46. The third-order valence-electron chi connectivity index (χ3n) is 1.52. The molecule has 0 radical (unpaired) electrons. The molecule has 0 amide bonds. The summed E-state index contributed by atoms with van der Waals surface area (Å²) in [7, 11) is 2.53. The van der Waals surface area contributed by atoms with Gasteiger partial charge in [0.05, 0.1) is 7.11 Å². The average Bonchev–Trinajstić information content (AvgIpc) is 2.44. The van der Waals surface area contributed by atoms with Gasteiger partial charge in [-0.3, -0.25) is 0 Å². The van der Waals surface area contributed by atoms with Crippen molar-refractivity contribution in [3.63, 3.8) is 0 Å². The summed E-state index contributed by atoms with van der Waals surface area (Å²) in [5, 5.41) is 3.67. The standard InChI is InChI=1S/C7H7BrF2N2O3/c1-12-5(15-7(9)10)3(8)4(11-12)6(13)14-2/h7H,1-2H3. The Bertz CT molecular complexity index is 381. The fraction of sp³-hybridized carbons (Fsp3) is 0.429. The number of nitrogens with zero attached hydrogens (tertiary/aromatic N) is 2. The van der Waals surface area contributed by atoms with Crippen LogP contribution in [0.25, 0.3) is 0 Å². The lowest BCUT2D eigenvalue weighted by molar-refractivity contribution is -0.0558. The van der Waals surface area contributed by atoms with Crippen LogP contribution in [0.5, 0.6) is 5.88 Å². The van der Waals surface area contributed by atoms with E-state index < -0.39 is 12.6 Å². The summed E-state index contributed by atoms with van der Waals surface area (Å²) in [5.74, 6) is -0.966. The SMILES string of the molecule is COC(=O)c1nn(C)c(OC(F)F)c1Br. The average molecular weight is 285 g/mol. The molecular weight excluding hydrogens is 278 g/mol. The Balaban J connectivity index is 3.08. The van der Waals surface area contributed by atoms with Crippen LogP contribution >= 0.6 is 15.9 Å². The van der Waals surface area contributed by atoms with E-state index >= 15 is 0 Å². The van der Waals surface area contributed by atoms with E-state index in [0.29, 0.717) is 0 Å². The topological polar surface area (TPSA) is 53.3 Å². The number of hydrogen-bond donors (Lipinski definition) is 0. The minimum atomic E-state index is -2.98. The van der Waals surface area contributed by atoms with Crippen LogP contribution in [0.4, 0.5) is 8.78 Å². The quantitative estimate of drug-likeness (QED) is 0.791. The van der Waals surface area contributed by atoms with Gasteiger partial charge in [0, 0.05) is 7.05 Å². The molecule has 1 aromatic rings. The first-order valence-corrected chi connectivity index (χ1v) is 4.52. The van der Waals surface area contributed by atoms with Crippen LogP contribution in [0.2, 0.25) is 0 Å². The molecule has 0 atom stereocenters. The minimum absolute atomic E-state index is 0.0390. The maximum atomic E-state index is 12.0. The maximum absolute atomic E-state index is 12.0. The molecule has 0 spiro atoms. The van der Waals surface area contributed by atoms with Crippen molar-refractivity contribution >= 4 is 21.9 Å². The Labute approximate surface area is 92.1 Å². The van der Waals surface area contributed by atoms with Crippen molar-refractivity contribution in [2.75, 3.05) is 7.11 Å². The lowest BCUT2D eigenvalue weighted by Gasteiger charge is -2.03. The van der Waals surface area contributed by atoms with E-state index in [9.17, 15) is 13.6 Å². The van der Waals surface area contributed by atoms with Crippen molar-refractivity contribution < 1.29 is 23.0 Å². The molecule has 0 aliphatic heterocycles. The van der Waals surface area contributed by atoms with Crippen molar-refractivity contribution in [2.45, 2.75) is 6.61 Å². The molecule has 0 bridgehead atoms. The van der Waals surface area contributed by atoms with Gasteiger partial charge >= 0.3 is 12.6 Å². The number of carbonyl (C=O) groups excluding carboxylic acids is 1. The number of hydrogen-bond acceptors (Lipinski definition) is 4. The van der Waals surface area contributed by atoms with Gasteiger partial charge in [-0.1, -0.05) is 0 Å². The lowest BCUT2D eigenvalue weighted by Crippen LogP contribution is -2.06. The Kier molecular flexibility index (Phi) is 3.61. The maximum Gasteiger partial charge on any atom is 0.388 e. The van der Waals surface area contributed by atoms with Gasteiger partial charge in [0.1, 0.15) is 4.47 Å². The zero-order chi connectivity index (χ0) is 11.6. The van der Waals surface area contributed by atoms with E-state index in [-0.39, 0.29) is 16.0 Å². The first kappa shape index (κ1) is 11.9. The predicted octanol–water partition coefficient (Wildman–Crippen LogP) is 1.57. The van der Waals surface area contributed by atoms with Gasteiger partial charge in [0.25, 0.3) is 0 Å². The van der Waals surface area contributed by atoms with E-state index in [1.54, 1.807) is 0 Å². The van der Waals surface area contributed by atoms with Gasteiger partial charge in [-0.2, -0.15) is 13.9 Å². The Morgan fingerprint density at radius 1 is 1.60 bits per heavy atom. The number of carbonyl (C=O) groups is 1. The highest BCUT2D eigenvalue weighted by Gasteiger charge is 2.23. The number of methoxy groups -OCH3 is 1. The van der Waals surface area contributed by atoms with E-state index in [0.717, 1.165) is 11.8 Å². The highest BCUT2D eigenvalue weighted by molar-refractivity contribution is 9.10. The molecule has 0 saturated heterocycles. The number of esters is 1. The van der Waals surface area contributed by atoms with Crippen LogP contribution in [-0.4, -0.2) is 29.5 Å². The molecule has 84 valence electrons. The van der Waals surface area contributed by atoms with E-state index in [4.69, 9.17) is 0 Å². The first-order chi connectivity index (χ1) is 6.97. The third kappa shape index (κ3) is 2.44. The molecule has 0 fully saturated rings. The van der Waals surface area contributed by atoms with Crippen LogP contribution in [-0.2, 0) is 11.8 Å². The first-order valence-electron chi connectivity index (χ1n) is 3.73. The summed E-state index contributed by atoms with van der Waals surface area (Å²) < 4.78 is 33.6. The van der Waals surface area contributed by atoms with Crippen molar-refractivity contribution in [1.82, 2.24) is 9.78 Å². The molecule has 1 rings (SSSR count). The summed E-state index contributed by atoms with van der Waals surface area (Å²) in [4.78, 5) is 11.1. The normalized spacial score (nSPS) is 10.5. The van der Waals surface area contributed by atoms with Gasteiger partial charge in [-0.15, -0.1) is 0 Å². The number of halogens is 3. The van der Waals surface area contributed by atoms with E-state index in [2.05, 4.69) is 30.5 Å². The van der Waals surface area contributed by atoms with Crippen molar-refractivity contribution in [3.8, 4) is 5.88 Å². The second kappa shape index (κ2) is 4.56. The zero-order valence-corrected chi connectivity index (χ0v) is 9.42. The summed E-state index contributed by atoms with van der Waals surface area (Å²) in [6.07, 6.45) is 0. The van der Waals surface area contributed by atoms with Crippen LogP contribution < -0.4 is 4.74 Å². The second-order valence-corrected chi connectivity index (χ2v) is 3.25. The van der Waals surface area contributed by atoms with Gasteiger partial charge in [-0.05, 0) is 15.9 Å². The molecule has 0 aliphatic carbocycles. The summed E-state index contributed by atoms with van der Waals surface area (Å²) in [6, 6.07) is 0.